The third kappa shape index (κ3) is 5.78. The molecule has 0 aliphatic rings. The maximum absolute atomic E-state index is 9.30. The van der Waals surface area contributed by atoms with Crippen molar-refractivity contribution in [2.45, 2.75) is 39.5 Å². The average molecular weight is 398 g/mol. The van der Waals surface area contributed by atoms with Crippen molar-refractivity contribution >= 4 is 23.2 Å². The van der Waals surface area contributed by atoms with Gasteiger partial charge in [0.15, 0.2) is 11.5 Å². The zero-order valence-electron chi connectivity index (χ0n) is 15.1. The minimum atomic E-state index is 0.0560. The van der Waals surface area contributed by atoms with E-state index in [0.29, 0.717) is 41.3 Å². The summed E-state index contributed by atoms with van der Waals surface area (Å²) in [7, 11) is 0. The van der Waals surface area contributed by atoms with Crippen molar-refractivity contribution < 1.29 is 14.6 Å². The molecule has 0 radical (unpaired) electrons. The Kier molecular flexibility index (Phi) is 8.52. The summed E-state index contributed by atoms with van der Waals surface area (Å²) in [6.07, 6.45) is 0.849. The first kappa shape index (κ1) is 20.8. The first-order valence-corrected chi connectivity index (χ1v) is 9.50. The lowest BCUT2D eigenvalue weighted by molar-refractivity contribution is 0.238. The van der Waals surface area contributed by atoms with E-state index in [4.69, 9.17) is 32.7 Å². The smallest absolute Gasteiger partial charge is 0.180 e. The summed E-state index contributed by atoms with van der Waals surface area (Å²) in [6.45, 7) is 5.43. The normalized spacial score (nSPS) is 12.0. The van der Waals surface area contributed by atoms with Crippen molar-refractivity contribution in [3.63, 3.8) is 0 Å². The number of aliphatic hydroxyl groups is 1. The fourth-order valence-corrected chi connectivity index (χ4v) is 2.97. The van der Waals surface area contributed by atoms with Gasteiger partial charge in [-0.3, -0.25) is 0 Å². The van der Waals surface area contributed by atoms with Crippen molar-refractivity contribution in [1.82, 2.24) is 5.32 Å². The number of benzene rings is 2. The van der Waals surface area contributed by atoms with Gasteiger partial charge in [0.2, 0.25) is 0 Å². The third-order valence-corrected chi connectivity index (χ3v) is 4.66. The highest BCUT2D eigenvalue weighted by Gasteiger charge is 2.14. The molecule has 0 amide bonds. The Morgan fingerprint density at radius 1 is 1.08 bits per heavy atom. The Morgan fingerprint density at radius 2 is 1.85 bits per heavy atom. The van der Waals surface area contributed by atoms with Crippen LogP contribution in [0.5, 0.6) is 11.5 Å². The molecule has 2 N–H and O–H groups in total. The fraction of sp³-hybridized carbons (Fsp3) is 0.400. The number of hydrogen-bond acceptors (Lipinski definition) is 4. The van der Waals surface area contributed by atoms with Crippen molar-refractivity contribution in [3.8, 4) is 11.5 Å². The largest absolute Gasteiger partial charge is 0.490 e. The maximum Gasteiger partial charge on any atom is 0.180 e. The van der Waals surface area contributed by atoms with E-state index in [1.54, 1.807) is 0 Å². The van der Waals surface area contributed by atoms with Crippen LogP contribution in [-0.4, -0.2) is 24.4 Å². The summed E-state index contributed by atoms with van der Waals surface area (Å²) in [5, 5.41) is 13.7. The highest BCUT2D eigenvalue weighted by atomic mass is 35.5. The van der Waals surface area contributed by atoms with E-state index in [1.807, 2.05) is 50.2 Å². The molecule has 6 heteroatoms. The molecule has 0 saturated heterocycles. The molecule has 0 aliphatic carbocycles. The van der Waals surface area contributed by atoms with Crippen LogP contribution in [0.4, 0.5) is 0 Å². The molecular formula is C20H25Cl2NO3. The van der Waals surface area contributed by atoms with Gasteiger partial charge in [-0.25, -0.2) is 0 Å². The molecule has 2 rings (SSSR count). The molecule has 0 bridgehead atoms. The van der Waals surface area contributed by atoms with Gasteiger partial charge < -0.3 is 19.9 Å². The Morgan fingerprint density at radius 3 is 2.50 bits per heavy atom. The molecule has 1 atom stereocenters. The Hall–Kier alpha value is -1.46. The maximum atomic E-state index is 9.30. The molecule has 142 valence electrons. The van der Waals surface area contributed by atoms with Gasteiger partial charge in [0.25, 0.3) is 0 Å². The number of rotatable bonds is 10. The zero-order valence-corrected chi connectivity index (χ0v) is 16.6. The molecule has 0 saturated carbocycles. The van der Waals surface area contributed by atoms with Gasteiger partial charge in [-0.2, -0.15) is 0 Å². The lowest BCUT2D eigenvalue weighted by Crippen LogP contribution is -2.31. The summed E-state index contributed by atoms with van der Waals surface area (Å²) < 4.78 is 11.6. The molecule has 0 heterocycles. The summed E-state index contributed by atoms with van der Waals surface area (Å²) in [5.74, 6) is 1.10. The van der Waals surface area contributed by atoms with E-state index in [2.05, 4.69) is 5.32 Å². The highest BCUT2D eigenvalue weighted by Crippen LogP contribution is 2.37. The van der Waals surface area contributed by atoms with E-state index in [0.717, 1.165) is 17.5 Å². The van der Waals surface area contributed by atoms with E-state index in [-0.39, 0.29) is 12.6 Å². The van der Waals surface area contributed by atoms with Crippen LogP contribution in [0.2, 0.25) is 10.0 Å². The van der Waals surface area contributed by atoms with E-state index >= 15 is 0 Å². The standard InChI is InChI=1S/C20H25Cl2NO3/c1-3-16(12-24)23-11-14-9-18(22)20(19(10-14)25-4-2)26-13-15-7-5-6-8-17(15)21/h5-10,16,23-24H,3-4,11-13H2,1-2H3/t16-/m0/s1. The van der Waals surface area contributed by atoms with Crippen LogP contribution in [-0.2, 0) is 13.2 Å². The predicted octanol–water partition coefficient (Wildman–Crippen LogP) is 4.83. The van der Waals surface area contributed by atoms with Gasteiger partial charge in [0.1, 0.15) is 6.61 Å². The molecular weight excluding hydrogens is 373 g/mol. The predicted molar refractivity (Wildman–Crippen MR) is 106 cm³/mol. The van der Waals surface area contributed by atoms with Crippen LogP contribution in [0, 0.1) is 0 Å². The number of hydrogen-bond donors (Lipinski definition) is 2. The van der Waals surface area contributed by atoms with Crippen LogP contribution < -0.4 is 14.8 Å². The fourth-order valence-electron chi connectivity index (χ4n) is 2.49. The van der Waals surface area contributed by atoms with Crippen LogP contribution in [0.25, 0.3) is 0 Å². The molecule has 2 aromatic carbocycles. The SMILES string of the molecule is CCOc1cc(CN[C@@H](CC)CO)cc(Cl)c1OCc1ccccc1Cl. The second kappa shape index (κ2) is 10.6. The lowest BCUT2D eigenvalue weighted by atomic mass is 10.1. The van der Waals surface area contributed by atoms with Gasteiger partial charge in [0.05, 0.1) is 18.2 Å². The summed E-state index contributed by atoms with van der Waals surface area (Å²) >= 11 is 12.6. The first-order valence-electron chi connectivity index (χ1n) is 8.74. The molecule has 0 unspecified atom stereocenters. The van der Waals surface area contributed by atoms with Gasteiger partial charge >= 0.3 is 0 Å². The molecule has 0 aliphatic heterocycles. The summed E-state index contributed by atoms with van der Waals surface area (Å²) in [4.78, 5) is 0. The van der Waals surface area contributed by atoms with Crippen LogP contribution in [0.15, 0.2) is 36.4 Å². The van der Waals surface area contributed by atoms with Gasteiger partial charge in [-0.05, 0) is 37.1 Å². The quantitative estimate of drug-likeness (QED) is 0.602. The van der Waals surface area contributed by atoms with Gasteiger partial charge in [-0.1, -0.05) is 48.3 Å². The Bertz CT molecular complexity index is 705. The number of ether oxygens (including phenoxy) is 2. The second-order valence-electron chi connectivity index (χ2n) is 5.89. The summed E-state index contributed by atoms with van der Waals surface area (Å²) in [5.41, 5.74) is 1.85. The topological polar surface area (TPSA) is 50.7 Å². The van der Waals surface area contributed by atoms with Crippen LogP contribution >= 0.6 is 23.2 Å². The van der Waals surface area contributed by atoms with E-state index in [9.17, 15) is 5.11 Å². The number of halogens is 2. The summed E-state index contributed by atoms with van der Waals surface area (Å²) in [6, 6.07) is 11.3. The average Bonchev–Trinajstić information content (AvgIpc) is 2.63. The van der Waals surface area contributed by atoms with Crippen molar-refractivity contribution in [1.29, 1.82) is 0 Å². The van der Waals surface area contributed by atoms with Gasteiger partial charge in [-0.15, -0.1) is 0 Å². The number of aliphatic hydroxyl groups excluding tert-OH is 1. The Balaban J connectivity index is 2.16. The zero-order chi connectivity index (χ0) is 18.9. The van der Waals surface area contributed by atoms with E-state index < -0.39 is 0 Å². The molecule has 26 heavy (non-hydrogen) atoms. The molecule has 0 spiro atoms. The monoisotopic (exact) mass is 397 g/mol. The van der Waals surface area contributed by atoms with Crippen molar-refractivity contribution in [2.24, 2.45) is 0 Å². The third-order valence-electron chi connectivity index (χ3n) is 4.01. The van der Waals surface area contributed by atoms with Crippen molar-refractivity contribution in [3.05, 3.63) is 57.6 Å². The molecule has 2 aromatic rings. The van der Waals surface area contributed by atoms with Crippen molar-refractivity contribution in [2.75, 3.05) is 13.2 Å². The minimum absolute atomic E-state index is 0.0560. The van der Waals surface area contributed by atoms with Crippen LogP contribution in [0.3, 0.4) is 0 Å². The highest BCUT2D eigenvalue weighted by molar-refractivity contribution is 6.32. The molecule has 0 aromatic heterocycles. The number of nitrogens with one attached hydrogen (secondary N) is 1. The van der Waals surface area contributed by atoms with Gasteiger partial charge in [0, 0.05) is 23.2 Å². The van der Waals surface area contributed by atoms with E-state index in [1.165, 1.54) is 0 Å². The first-order chi connectivity index (χ1) is 12.6. The lowest BCUT2D eigenvalue weighted by Gasteiger charge is -2.18. The Labute approximate surface area is 165 Å². The minimum Gasteiger partial charge on any atom is -0.490 e. The second-order valence-corrected chi connectivity index (χ2v) is 6.70. The molecule has 0 fully saturated rings. The molecule has 4 nitrogen and oxygen atoms in total. The van der Waals surface area contributed by atoms with Crippen LogP contribution in [0.1, 0.15) is 31.4 Å².